The molecular weight excluding hydrogens is 275 g/mol. The maximum Gasteiger partial charge on any atom is 0.417 e. The fraction of sp³-hybridized carbons (Fsp3) is 0.0833. The lowest BCUT2D eigenvalue weighted by Crippen LogP contribution is -2.05. The van der Waals surface area contributed by atoms with Crippen molar-refractivity contribution >= 4 is 11.8 Å². The van der Waals surface area contributed by atoms with E-state index in [1.54, 1.807) is 12.1 Å². The van der Waals surface area contributed by atoms with Gasteiger partial charge in [0.2, 0.25) is 0 Å². The second-order valence-electron chi connectivity index (χ2n) is 3.45. The van der Waals surface area contributed by atoms with Gasteiger partial charge in [-0.3, -0.25) is 0 Å². The van der Waals surface area contributed by atoms with Crippen LogP contribution >= 0.6 is 11.8 Å². The highest BCUT2D eigenvalue weighted by Crippen LogP contribution is 2.31. The minimum absolute atomic E-state index is 0.350. The van der Waals surface area contributed by atoms with E-state index in [-0.39, 0.29) is 0 Å². The average Bonchev–Trinajstić information content (AvgIpc) is 2.39. The third-order valence-electron chi connectivity index (χ3n) is 2.16. The molecule has 0 amide bonds. The highest BCUT2D eigenvalue weighted by molar-refractivity contribution is 7.99. The van der Waals surface area contributed by atoms with E-state index >= 15 is 0 Å². The summed E-state index contributed by atoms with van der Waals surface area (Å²) in [5, 5.41) is 9.64. The van der Waals surface area contributed by atoms with Gasteiger partial charge in [-0.25, -0.2) is 9.97 Å². The van der Waals surface area contributed by atoms with Crippen LogP contribution in [-0.2, 0) is 6.18 Å². The van der Waals surface area contributed by atoms with Gasteiger partial charge >= 0.3 is 6.18 Å². The molecule has 0 aliphatic rings. The Bertz CT molecular complexity index is 617. The van der Waals surface area contributed by atoms with Gasteiger partial charge in [0.15, 0.2) is 0 Å². The van der Waals surface area contributed by atoms with Crippen molar-refractivity contribution in [1.29, 1.82) is 5.26 Å². The van der Waals surface area contributed by atoms with Crippen LogP contribution < -0.4 is 0 Å². The van der Waals surface area contributed by atoms with Crippen molar-refractivity contribution in [2.24, 2.45) is 0 Å². The summed E-state index contributed by atoms with van der Waals surface area (Å²) in [5.74, 6) is 0. The van der Waals surface area contributed by atoms with Gasteiger partial charge in [0.25, 0.3) is 0 Å². The van der Waals surface area contributed by atoms with E-state index < -0.39 is 11.7 Å². The van der Waals surface area contributed by atoms with Crippen LogP contribution in [-0.4, -0.2) is 9.97 Å². The molecule has 0 aromatic carbocycles. The number of aromatic nitrogens is 2. The normalized spacial score (nSPS) is 11.1. The van der Waals surface area contributed by atoms with E-state index in [0.29, 0.717) is 15.6 Å². The Kier molecular flexibility index (Phi) is 3.71. The topological polar surface area (TPSA) is 49.6 Å². The Morgan fingerprint density at radius 1 is 1.16 bits per heavy atom. The first-order valence-corrected chi connectivity index (χ1v) is 5.88. The molecular formula is C12H6F3N3S. The maximum absolute atomic E-state index is 12.4. The van der Waals surface area contributed by atoms with Crippen LogP contribution in [0.2, 0.25) is 0 Å². The van der Waals surface area contributed by atoms with Gasteiger partial charge in [0, 0.05) is 12.4 Å². The van der Waals surface area contributed by atoms with Crippen LogP contribution in [0.15, 0.2) is 46.7 Å². The Hall–Kier alpha value is -2.07. The molecule has 2 heterocycles. The summed E-state index contributed by atoms with van der Waals surface area (Å²) in [6, 6.07) is 7.36. The first-order chi connectivity index (χ1) is 9.00. The second-order valence-corrected chi connectivity index (χ2v) is 4.46. The summed E-state index contributed by atoms with van der Waals surface area (Å²) in [4.78, 5) is 7.70. The second kappa shape index (κ2) is 5.28. The summed E-state index contributed by atoms with van der Waals surface area (Å²) in [5.41, 5.74) is -0.451. The minimum atomic E-state index is -4.40. The van der Waals surface area contributed by atoms with Crippen LogP contribution in [0, 0.1) is 11.3 Å². The molecule has 0 saturated carbocycles. The Labute approximate surface area is 111 Å². The molecule has 96 valence electrons. The zero-order valence-corrected chi connectivity index (χ0v) is 10.2. The zero-order valence-electron chi connectivity index (χ0n) is 9.35. The number of pyridine rings is 2. The molecule has 0 aliphatic heterocycles. The van der Waals surface area contributed by atoms with Gasteiger partial charge < -0.3 is 0 Å². The molecule has 0 bridgehead atoms. The fourth-order valence-electron chi connectivity index (χ4n) is 1.26. The molecule has 19 heavy (non-hydrogen) atoms. The molecule has 2 aromatic heterocycles. The molecule has 7 heteroatoms. The van der Waals surface area contributed by atoms with E-state index in [9.17, 15) is 13.2 Å². The van der Waals surface area contributed by atoms with Crippen molar-refractivity contribution in [1.82, 2.24) is 9.97 Å². The van der Waals surface area contributed by atoms with Crippen molar-refractivity contribution < 1.29 is 13.2 Å². The molecule has 2 aromatic rings. The van der Waals surface area contributed by atoms with Gasteiger partial charge in [0.05, 0.1) is 11.1 Å². The quantitative estimate of drug-likeness (QED) is 0.845. The molecule has 0 aliphatic carbocycles. The lowest BCUT2D eigenvalue weighted by Gasteiger charge is -2.06. The average molecular weight is 281 g/mol. The largest absolute Gasteiger partial charge is 0.417 e. The molecule has 3 nitrogen and oxygen atoms in total. The van der Waals surface area contributed by atoms with Crippen molar-refractivity contribution in [2.75, 3.05) is 0 Å². The number of nitrogens with zero attached hydrogens (tertiary/aromatic N) is 3. The number of rotatable bonds is 2. The molecule has 0 fully saturated rings. The van der Waals surface area contributed by atoms with Crippen molar-refractivity contribution in [3.63, 3.8) is 0 Å². The van der Waals surface area contributed by atoms with Crippen molar-refractivity contribution in [3.05, 3.63) is 47.8 Å². The van der Waals surface area contributed by atoms with Gasteiger partial charge in [-0.1, -0.05) is 0 Å². The van der Waals surface area contributed by atoms with E-state index in [1.807, 2.05) is 6.07 Å². The molecule has 0 unspecified atom stereocenters. The number of hydrogen-bond acceptors (Lipinski definition) is 4. The summed E-state index contributed by atoms with van der Waals surface area (Å²) in [6.45, 7) is 0. The lowest BCUT2D eigenvalue weighted by molar-refractivity contribution is -0.137. The van der Waals surface area contributed by atoms with Crippen molar-refractivity contribution in [2.45, 2.75) is 16.2 Å². The van der Waals surface area contributed by atoms with Crippen LogP contribution in [0.4, 0.5) is 13.2 Å². The fourth-order valence-corrected chi connectivity index (χ4v) is 2.04. The van der Waals surface area contributed by atoms with Crippen LogP contribution in [0.5, 0.6) is 0 Å². The maximum atomic E-state index is 12.4. The monoisotopic (exact) mass is 281 g/mol. The molecule has 0 saturated heterocycles. The van der Waals surface area contributed by atoms with E-state index in [2.05, 4.69) is 9.97 Å². The molecule has 0 radical (unpaired) electrons. The van der Waals surface area contributed by atoms with Crippen LogP contribution in [0.3, 0.4) is 0 Å². The molecule has 0 spiro atoms. The predicted octanol–water partition coefficient (Wildman–Crippen LogP) is 3.52. The SMILES string of the molecule is N#Cc1cccnc1Sc1ccc(C(F)(F)F)cn1. The summed E-state index contributed by atoms with van der Waals surface area (Å²) < 4.78 is 37.1. The van der Waals surface area contributed by atoms with E-state index in [4.69, 9.17) is 5.26 Å². The highest BCUT2D eigenvalue weighted by Gasteiger charge is 2.30. The first kappa shape index (κ1) is 13.4. The van der Waals surface area contributed by atoms with Crippen LogP contribution in [0.1, 0.15) is 11.1 Å². The van der Waals surface area contributed by atoms with Gasteiger partial charge in [-0.05, 0) is 36.0 Å². The Balaban J connectivity index is 2.23. The van der Waals surface area contributed by atoms with E-state index in [0.717, 1.165) is 24.0 Å². The summed E-state index contributed by atoms with van der Waals surface area (Å²) in [6.07, 6.45) is -2.14. The van der Waals surface area contributed by atoms with Gasteiger partial charge in [-0.15, -0.1) is 0 Å². The molecule has 0 atom stereocenters. The molecule has 2 rings (SSSR count). The molecule has 0 N–H and O–H groups in total. The number of halogens is 3. The Morgan fingerprint density at radius 3 is 2.53 bits per heavy atom. The van der Waals surface area contributed by atoms with Crippen molar-refractivity contribution in [3.8, 4) is 6.07 Å². The number of nitriles is 1. The van der Waals surface area contributed by atoms with Crippen LogP contribution in [0.25, 0.3) is 0 Å². The smallest absolute Gasteiger partial charge is 0.249 e. The summed E-state index contributed by atoms with van der Waals surface area (Å²) in [7, 11) is 0. The summed E-state index contributed by atoms with van der Waals surface area (Å²) >= 11 is 1.05. The Morgan fingerprint density at radius 2 is 1.95 bits per heavy atom. The van der Waals surface area contributed by atoms with Gasteiger partial charge in [-0.2, -0.15) is 18.4 Å². The van der Waals surface area contributed by atoms with Gasteiger partial charge in [0.1, 0.15) is 16.1 Å². The zero-order chi connectivity index (χ0) is 13.9. The first-order valence-electron chi connectivity index (χ1n) is 5.07. The standard InChI is InChI=1S/C12H6F3N3S/c13-12(14,15)9-3-4-10(18-7-9)19-11-8(6-16)2-1-5-17-11/h1-5,7H. The number of alkyl halides is 3. The minimum Gasteiger partial charge on any atom is -0.249 e. The number of hydrogen-bond donors (Lipinski definition) is 0. The highest BCUT2D eigenvalue weighted by atomic mass is 32.2. The lowest BCUT2D eigenvalue weighted by atomic mass is 10.3. The predicted molar refractivity (Wildman–Crippen MR) is 62.3 cm³/mol. The van der Waals surface area contributed by atoms with E-state index in [1.165, 1.54) is 12.3 Å². The third-order valence-corrected chi connectivity index (χ3v) is 3.13. The third kappa shape index (κ3) is 3.23.